The number of rotatable bonds is 10. The first-order chi connectivity index (χ1) is 19.0. The third-order valence-electron chi connectivity index (χ3n) is 7.04. The third kappa shape index (κ3) is 6.12. The van der Waals surface area contributed by atoms with Crippen LogP contribution < -0.4 is 10.1 Å². The van der Waals surface area contributed by atoms with E-state index < -0.39 is 6.09 Å². The molecule has 1 aliphatic rings. The fourth-order valence-corrected chi connectivity index (χ4v) is 4.79. The van der Waals surface area contributed by atoms with Crippen LogP contribution in [0.25, 0.3) is 11.3 Å². The van der Waals surface area contributed by atoms with Crippen LogP contribution in [0.5, 0.6) is 5.75 Å². The molecular formula is C31H32N4O4. The number of H-pyrrole nitrogens is 1. The number of carbonyl (C=O) groups is 2. The molecule has 0 bridgehead atoms. The van der Waals surface area contributed by atoms with Crippen molar-refractivity contribution in [3.8, 4) is 17.0 Å². The number of ether oxygens (including phenoxy) is 2. The lowest BCUT2D eigenvalue weighted by Crippen LogP contribution is -2.32. The van der Waals surface area contributed by atoms with Crippen molar-refractivity contribution in [2.24, 2.45) is 0 Å². The number of imidazole rings is 1. The number of nitrogens with one attached hydrogen (secondary N) is 2. The van der Waals surface area contributed by atoms with Crippen LogP contribution in [0.2, 0.25) is 0 Å². The molecule has 8 heteroatoms. The Balaban J connectivity index is 1.09. The number of aromatic nitrogens is 2. The van der Waals surface area contributed by atoms with Crippen LogP contribution >= 0.6 is 0 Å². The highest BCUT2D eigenvalue weighted by Gasteiger charge is 2.34. The maximum Gasteiger partial charge on any atom is 0.407 e. The Kier molecular flexibility index (Phi) is 7.91. The van der Waals surface area contributed by atoms with E-state index in [2.05, 4.69) is 34.3 Å². The molecule has 0 fully saturated rings. The van der Waals surface area contributed by atoms with Gasteiger partial charge in [0, 0.05) is 18.0 Å². The normalized spacial score (nSPS) is 15.1. The molecule has 200 valence electrons. The van der Waals surface area contributed by atoms with Gasteiger partial charge in [-0.15, -0.1) is 0 Å². The molecule has 5 rings (SSSR count). The van der Waals surface area contributed by atoms with E-state index in [1.165, 1.54) is 5.56 Å². The molecule has 4 aromatic rings. The number of fused-ring (bicyclic) bond motifs is 1. The van der Waals surface area contributed by atoms with E-state index >= 15 is 0 Å². The SMILES string of the molecule is C[C@@H]1c2ccc(OC[C@H](C)c3ccccc3)cc2C(=O)N1CCOC(=O)NCc1cccc(-c2cnc[nH]2)c1. The van der Waals surface area contributed by atoms with Gasteiger partial charge in [0.1, 0.15) is 12.4 Å². The Bertz CT molecular complexity index is 1420. The molecule has 0 unspecified atom stereocenters. The molecule has 0 saturated heterocycles. The van der Waals surface area contributed by atoms with Gasteiger partial charge in [0.15, 0.2) is 0 Å². The first kappa shape index (κ1) is 26.0. The van der Waals surface area contributed by atoms with Gasteiger partial charge in [-0.1, -0.05) is 61.5 Å². The summed E-state index contributed by atoms with van der Waals surface area (Å²) in [6.07, 6.45) is 2.85. The average molecular weight is 525 g/mol. The zero-order chi connectivity index (χ0) is 27.2. The lowest BCUT2D eigenvalue weighted by atomic mass is 10.0. The van der Waals surface area contributed by atoms with Crippen molar-refractivity contribution in [1.82, 2.24) is 20.2 Å². The second-order valence-electron chi connectivity index (χ2n) is 9.70. The number of nitrogens with zero attached hydrogens (tertiary/aromatic N) is 2. The molecule has 1 aliphatic heterocycles. The maximum atomic E-state index is 13.1. The summed E-state index contributed by atoms with van der Waals surface area (Å²) in [5, 5.41) is 2.77. The highest BCUT2D eigenvalue weighted by molar-refractivity contribution is 5.99. The van der Waals surface area contributed by atoms with Crippen LogP contribution in [-0.2, 0) is 11.3 Å². The maximum absolute atomic E-state index is 13.1. The Morgan fingerprint density at radius 3 is 2.74 bits per heavy atom. The van der Waals surface area contributed by atoms with Crippen molar-refractivity contribution in [1.29, 1.82) is 0 Å². The van der Waals surface area contributed by atoms with Gasteiger partial charge in [0.05, 0.1) is 37.4 Å². The molecule has 2 amide bonds. The van der Waals surface area contributed by atoms with Crippen molar-refractivity contribution < 1.29 is 19.1 Å². The van der Waals surface area contributed by atoms with Crippen LogP contribution in [0, 0.1) is 0 Å². The van der Waals surface area contributed by atoms with Gasteiger partial charge in [0.2, 0.25) is 0 Å². The zero-order valence-corrected chi connectivity index (χ0v) is 22.1. The molecule has 2 heterocycles. The molecule has 2 atom stereocenters. The van der Waals surface area contributed by atoms with E-state index in [0.29, 0.717) is 31.0 Å². The van der Waals surface area contributed by atoms with E-state index in [1.54, 1.807) is 17.4 Å². The highest BCUT2D eigenvalue weighted by Crippen LogP contribution is 2.35. The standard InChI is InChI=1S/C31H32N4O4/c1-21(24-8-4-3-5-9-24)19-39-26-11-12-27-22(2)35(30(36)28(27)16-26)13-14-38-31(37)33-17-23-7-6-10-25(15-23)29-18-32-20-34-29/h3-12,15-16,18,20-22H,13-14,17,19H2,1-2H3,(H,32,34)(H,33,37)/t21-,22+/m0/s1. The van der Waals surface area contributed by atoms with Crippen LogP contribution in [0.3, 0.4) is 0 Å². The number of hydrogen-bond acceptors (Lipinski definition) is 5. The quantitative estimate of drug-likeness (QED) is 0.277. The topological polar surface area (TPSA) is 96.5 Å². The minimum atomic E-state index is -0.526. The Morgan fingerprint density at radius 1 is 1.10 bits per heavy atom. The lowest BCUT2D eigenvalue weighted by molar-refractivity contribution is 0.0670. The number of aromatic amines is 1. The van der Waals surface area contributed by atoms with E-state index in [1.807, 2.05) is 67.6 Å². The molecule has 0 radical (unpaired) electrons. The van der Waals surface area contributed by atoms with Crippen molar-refractivity contribution in [2.75, 3.05) is 19.8 Å². The summed E-state index contributed by atoms with van der Waals surface area (Å²) in [5.74, 6) is 0.818. The summed E-state index contributed by atoms with van der Waals surface area (Å²) < 4.78 is 11.4. The van der Waals surface area contributed by atoms with E-state index in [0.717, 1.165) is 22.4 Å². The minimum Gasteiger partial charge on any atom is -0.493 e. The van der Waals surface area contributed by atoms with Crippen LogP contribution in [0.15, 0.2) is 85.3 Å². The molecule has 39 heavy (non-hydrogen) atoms. The average Bonchev–Trinajstić information content (AvgIpc) is 3.59. The van der Waals surface area contributed by atoms with Crippen molar-refractivity contribution in [3.63, 3.8) is 0 Å². The summed E-state index contributed by atoms with van der Waals surface area (Å²) in [6, 6.07) is 23.6. The predicted octanol–water partition coefficient (Wildman–Crippen LogP) is 5.70. The fourth-order valence-electron chi connectivity index (χ4n) is 4.79. The molecule has 2 N–H and O–H groups in total. The van der Waals surface area contributed by atoms with Gasteiger partial charge in [0.25, 0.3) is 5.91 Å². The molecule has 8 nitrogen and oxygen atoms in total. The second kappa shape index (κ2) is 11.9. The summed E-state index contributed by atoms with van der Waals surface area (Å²) in [4.78, 5) is 34.3. The largest absolute Gasteiger partial charge is 0.493 e. The Hall–Kier alpha value is -4.59. The van der Waals surface area contributed by atoms with E-state index in [-0.39, 0.29) is 24.5 Å². The third-order valence-corrected chi connectivity index (χ3v) is 7.04. The molecule has 0 spiro atoms. The zero-order valence-electron chi connectivity index (χ0n) is 22.1. The second-order valence-corrected chi connectivity index (χ2v) is 9.70. The lowest BCUT2D eigenvalue weighted by Gasteiger charge is -2.21. The van der Waals surface area contributed by atoms with Gasteiger partial charge in [-0.25, -0.2) is 9.78 Å². The number of alkyl carbamates (subject to hydrolysis) is 1. The monoisotopic (exact) mass is 524 g/mol. The Morgan fingerprint density at radius 2 is 1.95 bits per heavy atom. The van der Waals surface area contributed by atoms with Gasteiger partial charge < -0.3 is 24.7 Å². The van der Waals surface area contributed by atoms with Crippen LogP contribution in [-0.4, -0.2) is 46.6 Å². The van der Waals surface area contributed by atoms with E-state index in [9.17, 15) is 9.59 Å². The van der Waals surface area contributed by atoms with Crippen molar-refractivity contribution in [2.45, 2.75) is 32.4 Å². The van der Waals surface area contributed by atoms with E-state index in [4.69, 9.17) is 9.47 Å². The van der Waals surface area contributed by atoms with Crippen LogP contribution in [0.1, 0.15) is 52.9 Å². The van der Waals surface area contributed by atoms with Gasteiger partial charge in [-0.2, -0.15) is 0 Å². The first-order valence-electron chi connectivity index (χ1n) is 13.1. The van der Waals surface area contributed by atoms with Crippen molar-refractivity contribution in [3.05, 3.63) is 108 Å². The molecule has 3 aromatic carbocycles. The molecular weight excluding hydrogens is 492 g/mol. The number of carbonyl (C=O) groups excluding carboxylic acids is 2. The van der Waals surface area contributed by atoms with Gasteiger partial charge in [-0.3, -0.25) is 4.79 Å². The number of amides is 2. The molecule has 0 saturated carbocycles. The van der Waals surface area contributed by atoms with Crippen LogP contribution in [0.4, 0.5) is 4.79 Å². The van der Waals surface area contributed by atoms with Gasteiger partial charge in [-0.05, 0) is 47.4 Å². The smallest absolute Gasteiger partial charge is 0.407 e. The van der Waals surface area contributed by atoms with Gasteiger partial charge >= 0.3 is 6.09 Å². The summed E-state index contributed by atoms with van der Waals surface area (Å²) in [5.41, 5.74) is 5.63. The predicted molar refractivity (Wildman–Crippen MR) is 148 cm³/mol. The molecule has 1 aromatic heterocycles. The summed E-state index contributed by atoms with van der Waals surface area (Å²) >= 11 is 0. The first-order valence-corrected chi connectivity index (χ1v) is 13.1. The fraction of sp³-hybridized carbons (Fsp3) is 0.258. The number of benzene rings is 3. The molecule has 0 aliphatic carbocycles. The van der Waals surface area contributed by atoms with Crippen molar-refractivity contribution >= 4 is 12.0 Å². The summed E-state index contributed by atoms with van der Waals surface area (Å²) in [6.45, 7) is 5.35. The minimum absolute atomic E-state index is 0.0845. The highest BCUT2D eigenvalue weighted by atomic mass is 16.5. The Labute approximate surface area is 228 Å². The number of hydrogen-bond donors (Lipinski definition) is 2. The summed E-state index contributed by atoms with van der Waals surface area (Å²) in [7, 11) is 0.